The summed E-state index contributed by atoms with van der Waals surface area (Å²) in [4.78, 5) is 12.1. The molecule has 2 nitrogen and oxygen atoms in total. The lowest BCUT2D eigenvalue weighted by Gasteiger charge is -2.13. The molecule has 0 unspecified atom stereocenters. The normalized spacial score (nSPS) is 12.7. The van der Waals surface area contributed by atoms with Crippen molar-refractivity contribution in [2.75, 3.05) is 5.32 Å². The summed E-state index contributed by atoms with van der Waals surface area (Å²) in [5.74, 6) is -0.375. The Hall–Kier alpha value is -2.30. The Balaban J connectivity index is 2.20. The maximum atomic E-state index is 12.9. The summed E-state index contributed by atoms with van der Waals surface area (Å²) in [5.41, 5.74) is 0.278. The van der Waals surface area contributed by atoms with E-state index < -0.39 is 17.6 Å². The highest BCUT2D eigenvalue weighted by molar-refractivity contribution is 6.05. The Morgan fingerprint density at radius 1 is 1.09 bits per heavy atom. The number of rotatable bonds is 4. The molecule has 2 aromatic carbocycles. The van der Waals surface area contributed by atoms with Gasteiger partial charge in [-0.15, -0.1) is 0 Å². The van der Waals surface area contributed by atoms with Gasteiger partial charge in [-0.25, -0.2) is 0 Å². The SMILES string of the molecule is CC[C@H](C)c1ccc(NC(=O)c2ccccc2C(F)(F)F)cc1. The Bertz CT molecular complexity index is 677. The van der Waals surface area contributed by atoms with Gasteiger partial charge in [-0.3, -0.25) is 4.79 Å². The summed E-state index contributed by atoms with van der Waals surface area (Å²) in [6.07, 6.45) is -3.57. The highest BCUT2D eigenvalue weighted by Crippen LogP contribution is 2.32. The number of hydrogen-bond donors (Lipinski definition) is 1. The molecule has 0 radical (unpaired) electrons. The van der Waals surface area contributed by atoms with E-state index in [0.717, 1.165) is 18.1 Å². The fraction of sp³-hybridized carbons (Fsp3) is 0.278. The number of carbonyl (C=O) groups is 1. The second kappa shape index (κ2) is 6.86. The van der Waals surface area contributed by atoms with Crippen LogP contribution in [0.5, 0.6) is 0 Å². The lowest BCUT2D eigenvalue weighted by atomic mass is 9.98. The third-order valence-corrected chi connectivity index (χ3v) is 3.83. The van der Waals surface area contributed by atoms with Crippen LogP contribution in [0.25, 0.3) is 0 Å². The maximum Gasteiger partial charge on any atom is 0.417 e. The van der Waals surface area contributed by atoms with Crippen molar-refractivity contribution in [3.63, 3.8) is 0 Å². The van der Waals surface area contributed by atoms with E-state index in [2.05, 4.69) is 19.2 Å². The van der Waals surface area contributed by atoms with Crippen LogP contribution < -0.4 is 5.32 Å². The van der Waals surface area contributed by atoms with Gasteiger partial charge < -0.3 is 5.32 Å². The van der Waals surface area contributed by atoms with Crippen LogP contribution in [0.2, 0.25) is 0 Å². The summed E-state index contributed by atoms with van der Waals surface area (Å²) in [6, 6.07) is 11.9. The molecule has 5 heteroatoms. The topological polar surface area (TPSA) is 29.1 Å². The Morgan fingerprint density at radius 3 is 2.26 bits per heavy atom. The molecule has 0 saturated heterocycles. The lowest BCUT2D eigenvalue weighted by Crippen LogP contribution is -2.18. The zero-order chi connectivity index (χ0) is 17.0. The number of hydrogen-bond acceptors (Lipinski definition) is 1. The van der Waals surface area contributed by atoms with Crippen molar-refractivity contribution in [1.29, 1.82) is 0 Å². The molecular weight excluding hydrogens is 303 g/mol. The molecule has 23 heavy (non-hydrogen) atoms. The molecule has 0 aliphatic heterocycles. The summed E-state index contributed by atoms with van der Waals surface area (Å²) in [7, 11) is 0. The number of alkyl halides is 3. The van der Waals surface area contributed by atoms with E-state index >= 15 is 0 Å². The third kappa shape index (κ3) is 4.12. The van der Waals surface area contributed by atoms with E-state index in [1.54, 1.807) is 12.1 Å². The van der Waals surface area contributed by atoms with Crippen LogP contribution >= 0.6 is 0 Å². The van der Waals surface area contributed by atoms with Crippen LogP contribution in [0, 0.1) is 0 Å². The largest absolute Gasteiger partial charge is 0.417 e. The summed E-state index contributed by atoms with van der Waals surface area (Å²) in [6.45, 7) is 4.17. The molecule has 1 amide bonds. The molecule has 0 fully saturated rings. The number of carbonyl (C=O) groups excluding carboxylic acids is 1. The fourth-order valence-corrected chi connectivity index (χ4v) is 2.26. The quantitative estimate of drug-likeness (QED) is 0.794. The van der Waals surface area contributed by atoms with Crippen LogP contribution in [0.15, 0.2) is 48.5 Å². The number of anilines is 1. The average molecular weight is 321 g/mol. The minimum atomic E-state index is -4.56. The molecule has 0 heterocycles. The van der Waals surface area contributed by atoms with Crippen molar-refractivity contribution in [1.82, 2.24) is 0 Å². The molecule has 0 spiro atoms. The van der Waals surface area contributed by atoms with Crippen molar-refractivity contribution in [2.24, 2.45) is 0 Å². The van der Waals surface area contributed by atoms with Crippen molar-refractivity contribution >= 4 is 11.6 Å². The summed E-state index contributed by atoms with van der Waals surface area (Å²) in [5, 5.41) is 2.52. The first-order valence-corrected chi connectivity index (χ1v) is 7.40. The van der Waals surface area contributed by atoms with E-state index in [1.165, 1.54) is 18.2 Å². The molecule has 2 aromatic rings. The third-order valence-electron chi connectivity index (χ3n) is 3.83. The first kappa shape index (κ1) is 17.1. The van der Waals surface area contributed by atoms with E-state index in [1.807, 2.05) is 12.1 Å². The first-order valence-electron chi connectivity index (χ1n) is 7.40. The molecule has 122 valence electrons. The van der Waals surface area contributed by atoms with Gasteiger partial charge in [0.25, 0.3) is 5.91 Å². The van der Waals surface area contributed by atoms with Crippen molar-refractivity contribution in [3.05, 3.63) is 65.2 Å². The molecule has 1 atom stereocenters. The summed E-state index contributed by atoms with van der Waals surface area (Å²) >= 11 is 0. The maximum absolute atomic E-state index is 12.9. The van der Waals surface area contributed by atoms with Gasteiger partial charge in [0, 0.05) is 5.69 Å². The van der Waals surface area contributed by atoms with Gasteiger partial charge in [0.2, 0.25) is 0 Å². The van der Waals surface area contributed by atoms with Gasteiger partial charge in [-0.05, 0) is 42.2 Å². The van der Waals surface area contributed by atoms with Crippen molar-refractivity contribution in [2.45, 2.75) is 32.4 Å². The smallest absolute Gasteiger partial charge is 0.322 e. The highest BCUT2D eigenvalue weighted by atomic mass is 19.4. The van der Waals surface area contributed by atoms with Gasteiger partial charge in [0.1, 0.15) is 0 Å². The summed E-state index contributed by atoms with van der Waals surface area (Å²) < 4.78 is 38.8. The predicted octanol–water partition coefficient (Wildman–Crippen LogP) is 5.47. The minimum Gasteiger partial charge on any atom is -0.322 e. The van der Waals surface area contributed by atoms with E-state index in [4.69, 9.17) is 0 Å². The lowest BCUT2D eigenvalue weighted by molar-refractivity contribution is -0.137. The molecule has 0 bridgehead atoms. The van der Waals surface area contributed by atoms with Crippen LogP contribution in [0.4, 0.5) is 18.9 Å². The van der Waals surface area contributed by atoms with Gasteiger partial charge in [-0.1, -0.05) is 38.1 Å². The molecule has 1 N–H and O–H groups in total. The van der Waals surface area contributed by atoms with E-state index in [-0.39, 0.29) is 5.56 Å². The molecule has 0 saturated carbocycles. The van der Waals surface area contributed by atoms with Crippen LogP contribution in [-0.4, -0.2) is 5.91 Å². The number of nitrogens with one attached hydrogen (secondary N) is 1. The molecule has 0 aliphatic rings. The van der Waals surface area contributed by atoms with Gasteiger partial charge in [-0.2, -0.15) is 13.2 Å². The average Bonchev–Trinajstić information content (AvgIpc) is 2.54. The molecular formula is C18H18F3NO. The Kier molecular flexibility index (Phi) is 5.08. The molecule has 2 rings (SSSR count). The minimum absolute atomic E-state index is 0.383. The zero-order valence-corrected chi connectivity index (χ0v) is 12.9. The zero-order valence-electron chi connectivity index (χ0n) is 12.9. The van der Waals surface area contributed by atoms with Crippen LogP contribution in [-0.2, 0) is 6.18 Å². The van der Waals surface area contributed by atoms with Gasteiger partial charge in [0.15, 0.2) is 0 Å². The second-order valence-electron chi connectivity index (χ2n) is 5.43. The van der Waals surface area contributed by atoms with E-state index in [9.17, 15) is 18.0 Å². The van der Waals surface area contributed by atoms with Crippen molar-refractivity contribution in [3.8, 4) is 0 Å². The first-order chi connectivity index (χ1) is 10.8. The van der Waals surface area contributed by atoms with Gasteiger partial charge >= 0.3 is 6.18 Å². The number of amides is 1. The Morgan fingerprint density at radius 2 is 1.70 bits per heavy atom. The standard InChI is InChI=1S/C18H18F3NO/c1-3-12(2)13-8-10-14(11-9-13)22-17(23)15-6-4-5-7-16(15)18(19,20)21/h4-12H,3H2,1-2H3,(H,22,23)/t12-/m0/s1. The monoisotopic (exact) mass is 321 g/mol. The van der Waals surface area contributed by atoms with Crippen LogP contribution in [0.3, 0.4) is 0 Å². The number of benzene rings is 2. The van der Waals surface area contributed by atoms with Gasteiger partial charge in [0.05, 0.1) is 11.1 Å². The van der Waals surface area contributed by atoms with E-state index in [0.29, 0.717) is 11.6 Å². The second-order valence-corrected chi connectivity index (χ2v) is 5.43. The van der Waals surface area contributed by atoms with Crippen LogP contribution in [0.1, 0.15) is 47.7 Å². The molecule has 0 aliphatic carbocycles. The van der Waals surface area contributed by atoms with Crippen molar-refractivity contribution < 1.29 is 18.0 Å². The predicted molar refractivity (Wildman–Crippen MR) is 84.5 cm³/mol. The highest BCUT2D eigenvalue weighted by Gasteiger charge is 2.34. The fourth-order valence-electron chi connectivity index (χ4n) is 2.26. The molecule has 0 aromatic heterocycles. The number of halogens is 3. The Labute approximate surface area is 133 Å².